The molecule has 1 heterocycles. The maximum absolute atomic E-state index is 13.0. The molecular formula is C20H20FN3O2. The van der Waals surface area contributed by atoms with E-state index >= 15 is 0 Å². The molecule has 0 spiro atoms. The molecule has 1 amide bonds. The molecule has 3 aromatic rings. The zero-order valence-electron chi connectivity index (χ0n) is 14.7. The third-order valence-electron chi connectivity index (χ3n) is 3.91. The first kappa shape index (κ1) is 17.8. The minimum Gasteiger partial charge on any atom is -0.352 e. The zero-order valence-corrected chi connectivity index (χ0v) is 14.7. The highest BCUT2D eigenvalue weighted by molar-refractivity contribution is 5.95. The fourth-order valence-electron chi connectivity index (χ4n) is 2.43. The Morgan fingerprint density at radius 2 is 1.92 bits per heavy atom. The Labute approximate surface area is 151 Å². The number of aromatic nitrogens is 2. The third-order valence-corrected chi connectivity index (χ3v) is 3.91. The van der Waals surface area contributed by atoms with Crippen LogP contribution in [0.15, 0.2) is 53.1 Å². The van der Waals surface area contributed by atoms with E-state index in [0.29, 0.717) is 40.9 Å². The molecule has 3 rings (SSSR count). The summed E-state index contributed by atoms with van der Waals surface area (Å²) in [4.78, 5) is 16.6. The van der Waals surface area contributed by atoms with E-state index in [1.54, 1.807) is 36.4 Å². The first-order valence-electron chi connectivity index (χ1n) is 8.51. The molecule has 0 radical (unpaired) electrons. The number of carbonyl (C=O) groups excluding carboxylic acids is 1. The minimum atomic E-state index is -0.325. The summed E-state index contributed by atoms with van der Waals surface area (Å²) in [5.41, 5.74) is 1.85. The highest BCUT2D eigenvalue weighted by Crippen LogP contribution is 2.23. The average molecular weight is 353 g/mol. The van der Waals surface area contributed by atoms with Crippen molar-refractivity contribution in [2.45, 2.75) is 20.3 Å². The van der Waals surface area contributed by atoms with Crippen LogP contribution in [0.1, 0.15) is 30.6 Å². The molecule has 134 valence electrons. The normalized spacial score (nSPS) is 10.9. The standard InChI is InChI=1S/C20H20FN3O2/c1-13(2)10-11-22-19(25)15-4-3-5-16(12-15)20-23-18(24-26-20)14-6-8-17(21)9-7-14/h3-9,12-13H,10-11H2,1-2H3,(H,22,25). The minimum absolute atomic E-state index is 0.134. The van der Waals surface area contributed by atoms with Crippen molar-refractivity contribution in [1.82, 2.24) is 15.5 Å². The molecule has 26 heavy (non-hydrogen) atoms. The molecule has 0 aliphatic carbocycles. The molecule has 2 aromatic carbocycles. The number of hydrogen-bond donors (Lipinski definition) is 1. The number of amides is 1. The molecule has 6 heteroatoms. The van der Waals surface area contributed by atoms with Gasteiger partial charge in [0.2, 0.25) is 5.82 Å². The highest BCUT2D eigenvalue weighted by Gasteiger charge is 2.13. The SMILES string of the molecule is CC(C)CCNC(=O)c1cccc(-c2nc(-c3ccc(F)cc3)no2)c1. The van der Waals surface area contributed by atoms with Crippen LogP contribution >= 0.6 is 0 Å². The quantitative estimate of drug-likeness (QED) is 0.717. The molecular weight excluding hydrogens is 333 g/mol. The van der Waals surface area contributed by atoms with Gasteiger partial charge in [0.25, 0.3) is 11.8 Å². The van der Waals surface area contributed by atoms with E-state index in [9.17, 15) is 9.18 Å². The van der Waals surface area contributed by atoms with Crippen molar-refractivity contribution < 1.29 is 13.7 Å². The Hall–Kier alpha value is -3.02. The summed E-state index contributed by atoms with van der Waals surface area (Å²) in [5.74, 6) is 0.747. The zero-order chi connectivity index (χ0) is 18.5. The van der Waals surface area contributed by atoms with Crippen LogP contribution in [-0.4, -0.2) is 22.6 Å². The number of rotatable bonds is 6. The van der Waals surface area contributed by atoms with Gasteiger partial charge in [-0.2, -0.15) is 4.98 Å². The van der Waals surface area contributed by atoms with Gasteiger partial charge in [-0.15, -0.1) is 0 Å². The maximum Gasteiger partial charge on any atom is 0.258 e. The molecule has 0 bridgehead atoms. The van der Waals surface area contributed by atoms with Crippen LogP contribution in [0.2, 0.25) is 0 Å². The summed E-state index contributed by atoms with van der Waals surface area (Å²) in [6.45, 7) is 4.86. The number of benzene rings is 2. The maximum atomic E-state index is 13.0. The second-order valence-electron chi connectivity index (χ2n) is 6.45. The lowest BCUT2D eigenvalue weighted by Gasteiger charge is -2.07. The van der Waals surface area contributed by atoms with Crippen molar-refractivity contribution in [3.05, 3.63) is 59.9 Å². The summed E-state index contributed by atoms with van der Waals surface area (Å²) in [7, 11) is 0. The topological polar surface area (TPSA) is 68.0 Å². The Kier molecular flexibility index (Phi) is 5.41. The molecule has 1 aromatic heterocycles. The van der Waals surface area contributed by atoms with E-state index in [4.69, 9.17) is 4.52 Å². The van der Waals surface area contributed by atoms with E-state index < -0.39 is 0 Å². The summed E-state index contributed by atoms with van der Waals surface area (Å²) < 4.78 is 18.3. The van der Waals surface area contributed by atoms with Crippen molar-refractivity contribution in [3.63, 3.8) is 0 Å². The van der Waals surface area contributed by atoms with Crippen LogP contribution in [0.25, 0.3) is 22.8 Å². The van der Waals surface area contributed by atoms with Crippen molar-refractivity contribution in [1.29, 1.82) is 0 Å². The van der Waals surface area contributed by atoms with E-state index in [1.807, 2.05) is 0 Å². The van der Waals surface area contributed by atoms with Gasteiger partial charge in [0.1, 0.15) is 5.82 Å². The lowest BCUT2D eigenvalue weighted by molar-refractivity contribution is 0.0952. The van der Waals surface area contributed by atoms with Crippen LogP contribution in [0.4, 0.5) is 4.39 Å². The van der Waals surface area contributed by atoms with E-state index in [2.05, 4.69) is 29.3 Å². The first-order chi connectivity index (χ1) is 12.5. The Balaban J connectivity index is 1.76. The monoisotopic (exact) mass is 353 g/mol. The average Bonchev–Trinajstić information content (AvgIpc) is 3.12. The number of hydrogen-bond acceptors (Lipinski definition) is 4. The summed E-state index contributed by atoms with van der Waals surface area (Å²) in [6.07, 6.45) is 0.927. The van der Waals surface area contributed by atoms with Crippen molar-refractivity contribution in [3.8, 4) is 22.8 Å². The van der Waals surface area contributed by atoms with E-state index in [0.717, 1.165) is 6.42 Å². The van der Waals surface area contributed by atoms with E-state index in [1.165, 1.54) is 12.1 Å². The fourth-order valence-corrected chi connectivity index (χ4v) is 2.43. The fraction of sp³-hybridized carbons (Fsp3) is 0.250. The summed E-state index contributed by atoms with van der Waals surface area (Å²) in [6, 6.07) is 12.9. The van der Waals surface area contributed by atoms with Gasteiger partial charge in [0, 0.05) is 23.2 Å². The number of carbonyl (C=O) groups is 1. The van der Waals surface area contributed by atoms with Gasteiger partial charge in [0.05, 0.1) is 0 Å². The molecule has 0 atom stereocenters. The van der Waals surface area contributed by atoms with E-state index in [-0.39, 0.29) is 11.7 Å². The van der Waals surface area contributed by atoms with Gasteiger partial charge in [-0.1, -0.05) is 25.1 Å². The first-order valence-corrected chi connectivity index (χ1v) is 8.51. The van der Waals surface area contributed by atoms with Crippen molar-refractivity contribution in [2.24, 2.45) is 5.92 Å². The predicted molar refractivity (Wildman–Crippen MR) is 96.9 cm³/mol. The molecule has 0 aliphatic heterocycles. The van der Waals surface area contributed by atoms with Crippen LogP contribution in [0.5, 0.6) is 0 Å². The number of nitrogens with one attached hydrogen (secondary N) is 1. The van der Waals surface area contributed by atoms with Gasteiger partial charge < -0.3 is 9.84 Å². The summed E-state index contributed by atoms with van der Waals surface area (Å²) in [5, 5.41) is 6.83. The van der Waals surface area contributed by atoms with Crippen molar-refractivity contribution >= 4 is 5.91 Å². The largest absolute Gasteiger partial charge is 0.352 e. The second kappa shape index (κ2) is 7.91. The Bertz CT molecular complexity index is 888. The molecule has 0 aliphatic rings. The van der Waals surface area contributed by atoms with Crippen LogP contribution < -0.4 is 5.32 Å². The van der Waals surface area contributed by atoms with Gasteiger partial charge in [-0.25, -0.2) is 4.39 Å². The van der Waals surface area contributed by atoms with Gasteiger partial charge in [-0.05, 0) is 54.8 Å². The lowest BCUT2D eigenvalue weighted by Crippen LogP contribution is -2.25. The Morgan fingerprint density at radius 3 is 2.65 bits per heavy atom. The molecule has 0 fully saturated rings. The van der Waals surface area contributed by atoms with Crippen molar-refractivity contribution in [2.75, 3.05) is 6.54 Å². The highest BCUT2D eigenvalue weighted by atomic mass is 19.1. The van der Waals surface area contributed by atoms with Gasteiger partial charge in [0.15, 0.2) is 0 Å². The second-order valence-corrected chi connectivity index (χ2v) is 6.45. The smallest absolute Gasteiger partial charge is 0.258 e. The van der Waals surface area contributed by atoms with Gasteiger partial charge >= 0.3 is 0 Å². The molecule has 1 N–H and O–H groups in total. The third kappa shape index (κ3) is 4.33. The molecule has 0 saturated carbocycles. The number of nitrogens with zero attached hydrogens (tertiary/aromatic N) is 2. The molecule has 0 unspecified atom stereocenters. The number of halogens is 1. The Morgan fingerprint density at radius 1 is 1.15 bits per heavy atom. The van der Waals surface area contributed by atoms with Gasteiger partial charge in [-0.3, -0.25) is 4.79 Å². The summed E-state index contributed by atoms with van der Waals surface area (Å²) >= 11 is 0. The molecule has 5 nitrogen and oxygen atoms in total. The van der Waals surface area contributed by atoms with Crippen LogP contribution in [0.3, 0.4) is 0 Å². The van der Waals surface area contributed by atoms with Crippen LogP contribution in [0, 0.1) is 11.7 Å². The van der Waals surface area contributed by atoms with Crippen LogP contribution in [-0.2, 0) is 0 Å². The predicted octanol–water partition coefficient (Wildman–Crippen LogP) is 4.32. The lowest BCUT2D eigenvalue weighted by atomic mass is 10.1. The molecule has 0 saturated heterocycles.